The van der Waals surface area contributed by atoms with Gasteiger partial charge in [0.2, 0.25) is 5.88 Å². The number of aromatic nitrogens is 4. The lowest BCUT2D eigenvalue weighted by atomic mass is 10.1. The van der Waals surface area contributed by atoms with Crippen molar-refractivity contribution in [2.24, 2.45) is 0 Å². The van der Waals surface area contributed by atoms with Gasteiger partial charge in [-0.3, -0.25) is 9.36 Å². The van der Waals surface area contributed by atoms with Gasteiger partial charge in [0.25, 0.3) is 5.91 Å². The summed E-state index contributed by atoms with van der Waals surface area (Å²) in [6, 6.07) is 5.79. The number of hydrogen-bond acceptors (Lipinski definition) is 5. The van der Waals surface area contributed by atoms with Gasteiger partial charge >= 0.3 is 0 Å². The van der Waals surface area contributed by atoms with Crippen molar-refractivity contribution in [3.05, 3.63) is 53.1 Å². The number of nitriles is 1. The molecule has 0 bridgehead atoms. The number of aryl methyl sites for hydroxylation is 2. The Balaban J connectivity index is 1.71. The van der Waals surface area contributed by atoms with Crippen LogP contribution in [0, 0.1) is 25.2 Å². The van der Waals surface area contributed by atoms with E-state index in [1.807, 2.05) is 23.6 Å². The van der Waals surface area contributed by atoms with Gasteiger partial charge in [-0.15, -0.1) is 10.2 Å². The summed E-state index contributed by atoms with van der Waals surface area (Å²) in [6.07, 6.45) is 3.55. The first-order chi connectivity index (χ1) is 12.1. The lowest BCUT2D eigenvalue weighted by molar-refractivity contribution is 0.0704. The molecule has 3 aromatic heterocycles. The molecule has 0 atom stereocenters. The van der Waals surface area contributed by atoms with Crippen molar-refractivity contribution in [2.75, 3.05) is 6.54 Å². The Morgan fingerprint density at radius 3 is 2.72 bits per heavy atom. The highest BCUT2D eigenvalue weighted by molar-refractivity contribution is 5.98. The molecule has 25 heavy (non-hydrogen) atoms. The largest absolute Gasteiger partial charge is 0.443 e. The Kier molecular flexibility index (Phi) is 3.42. The number of rotatable bonds is 2. The van der Waals surface area contributed by atoms with E-state index in [1.165, 1.54) is 0 Å². The maximum atomic E-state index is 13.0. The Bertz CT molecular complexity index is 989. The molecule has 0 spiro atoms. The highest BCUT2D eigenvalue weighted by Crippen LogP contribution is 2.27. The molecule has 8 heteroatoms. The Hall–Kier alpha value is -3.34. The van der Waals surface area contributed by atoms with E-state index >= 15 is 0 Å². The zero-order valence-electron chi connectivity index (χ0n) is 13.9. The van der Waals surface area contributed by atoms with Crippen molar-refractivity contribution < 1.29 is 9.21 Å². The molecule has 126 valence electrons. The summed E-state index contributed by atoms with van der Waals surface area (Å²) in [4.78, 5) is 14.7. The van der Waals surface area contributed by atoms with Gasteiger partial charge in [-0.1, -0.05) is 0 Å². The summed E-state index contributed by atoms with van der Waals surface area (Å²) in [6.45, 7) is 5.15. The smallest absolute Gasteiger partial charge is 0.259 e. The van der Waals surface area contributed by atoms with E-state index in [-0.39, 0.29) is 11.5 Å². The number of nitrogens with zero attached hydrogens (tertiary/aromatic N) is 6. The molecule has 0 unspecified atom stereocenters. The van der Waals surface area contributed by atoms with Crippen LogP contribution >= 0.6 is 0 Å². The first-order valence-electron chi connectivity index (χ1n) is 7.95. The lowest BCUT2D eigenvalue weighted by Crippen LogP contribution is -2.39. The van der Waals surface area contributed by atoms with Crippen LogP contribution < -0.4 is 0 Å². The molecule has 1 amide bonds. The minimum atomic E-state index is -0.219. The number of hydrogen-bond donors (Lipinski definition) is 0. The van der Waals surface area contributed by atoms with Crippen molar-refractivity contribution in [3.63, 3.8) is 0 Å². The molecular formula is C17H16N6O2. The van der Waals surface area contributed by atoms with Crippen LogP contribution in [-0.4, -0.2) is 36.7 Å². The predicted molar refractivity (Wildman–Crippen MR) is 87.0 cm³/mol. The van der Waals surface area contributed by atoms with E-state index < -0.39 is 0 Å². The molecule has 4 heterocycles. The van der Waals surface area contributed by atoms with Crippen LogP contribution in [0.15, 0.2) is 28.9 Å². The maximum absolute atomic E-state index is 13.0. The number of furan rings is 1. The van der Waals surface area contributed by atoms with E-state index in [0.29, 0.717) is 36.8 Å². The Labute approximate surface area is 143 Å². The first kappa shape index (κ1) is 15.2. The predicted octanol–water partition coefficient (Wildman–Crippen LogP) is 1.81. The Morgan fingerprint density at radius 2 is 2.00 bits per heavy atom. The standard InChI is InChI=1S/C17H16N6O2/c1-11-15(13(9-18)17(25-11)21-5-3-4-6-21)16(24)22-7-8-23-12(2)19-20-14(23)10-22/h3-6H,7-8,10H2,1-2H3. The molecule has 0 N–H and O–H groups in total. The topological polar surface area (TPSA) is 92.9 Å². The maximum Gasteiger partial charge on any atom is 0.259 e. The summed E-state index contributed by atoms with van der Waals surface area (Å²) >= 11 is 0. The SMILES string of the molecule is Cc1oc(-n2cccc2)c(C#N)c1C(=O)N1CCn2c(C)nnc2C1. The first-order valence-corrected chi connectivity index (χ1v) is 7.95. The highest BCUT2D eigenvalue weighted by Gasteiger charge is 2.30. The average Bonchev–Trinajstić information content (AvgIpc) is 3.33. The van der Waals surface area contributed by atoms with Gasteiger partial charge in [0.05, 0.1) is 6.54 Å². The van der Waals surface area contributed by atoms with Gasteiger partial charge in [0, 0.05) is 25.5 Å². The van der Waals surface area contributed by atoms with Crippen LogP contribution in [0.3, 0.4) is 0 Å². The second-order valence-corrected chi connectivity index (χ2v) is 5.96. The minimum Gasteiger partial charge on any atom is -0.443 e. The zero-order chi connectivity index (χ0) is 17.6. The highest BCUT2D eigenvalue weighted by atomic mass is 16.4. The summed E-state index contributed by atoms with van der Waals surface area (Å²) in [5.74, 6) is 2.18. The number of amides is 1. The molecule has 4 rings (SSSR count). The number of carbonyl (C=O) groups excluding carboxylic acids is 1. The third kappa shape index (κ3) is 2.32. The molecule has 0 saturated heterocycles. The van der Waals surface area contributed by atoms with Crippen LogP contribution in [0.1, 0.15) is 33.3 Å². The fourth-order valence-electron chi connectivity index (χ4n) is 3.18. The molecular weight excluding hydrogens is 320 g/mol. The van der Waals surface area contributed by atoms with Crippen LogP contribution in [0.4, 0.5) is 0 Å². The van der Waals surface area contributed by atoms with Gasteiger partial charge in [-0.2, -0.15) is 5.26 Å². The van der Waals surface area contributed by atoms with Gasteiger partial charge in [-0.05, 0) is 26.0 Å². The summed E-state index contributed by atoms with van der Waals surface area (Å²) in [5, 5.41) is 17.8. The van der Waals surface area contributed by atoms with Gasteiger partial charge < -0.3 is 13.9 Å². The molecule has 8 nitrogen and oxygen atoms in total. The van der Waals surface area contributed by atoms with Crippen molar-refractivity contribution in [3.8, 4) is 12.0 Å². The van der Waals surface area contributed by atoms with Crippen LogP contribution in [0.2, 0.25) is 0 Å². The summed E-state index contributed by atoms with van der Waals surface area (Å²) in [7, 11) is 0. The minimum absolute atomic E-state index is 0.219. The third-order valence-corrected chi connectivity index (χ3v) is 4.46. The van der Waals surface area contributed by atoms with E-state index in [2.05, 4.69) is 16.3 Å². The quantitative estimate of drug-likeness (QED) is 0.711. The van der Waals surface area contributed by atoms with Crippen molar-refractivity contribution in [1.82, 2.24) is 24.2 Å². The molecule has 1 aliphatic heterocycles. The monoisotopic (exact) mass is 336 g/mol. The van der Waals surface area contributed by atoms with E-state index in [0.717, 1.165) is 11.6 Å². The van der Waals surface area contributed by atoms with Crippen LogP contribution in [-0.2, 0) is 13.1 Å². The number of fused-ring (bicyclic) bond motifs is 1. The van der Waals surface area contributed by atoms with E-state index in [9.17, 15) is 10.1 Å². The van der Waals surface area contributed by atoms with Crippen molar-refractivity contribution in [2.45, 2.75) is 26.9 Å². The fraction of sp³-hybridized carbons (Fsp3) is 0.294. The fourth-order valence-corrected chi connectivity index (χ4v) is 3.18. The van der Waals surface area contributed by atoms with Crippen LogP contribution in [0.5, 0.6) is 0 Å². The van der Waals surface area contributed by atoms with Gasteiger partial charge in [-0.25, -0.2) is 0 Å². The zero-order valence-corrected chi connectivity index (χ0v) is 13.9. The molecule has 0 saturated carbocycles. The molecule has 3 aromatic rings. The third-order valence-electron chi connectivity index (χ3n) is 4.46. The normalized spacial score (nSPS) is 13.6. The summed E-state index contributed by atoms with van der Waals surface area (Å²) in [5.41, 5.74) is 0.567. The van der Waals surface area contributed by atoms with Gasteiger partial charge in [0.15, 0.2) is 5.82 Å². The van der Waals surface area contributed by atoms with E-state index in [1.54, 1.807) is 28.8 Å². The van der Waals surface area contributed by atoms with Crippen molar-refractivity contribution >= 4 is 5.91 Å². The Morgan fingerprint density at radius 1 is 1.24 bits per heavy atom. The number of carbonyl (C=O) groups is 1. The molecule has 1 aliphatic rings. The molecule has 0 aliphatic carbocycles. The molecule has 0 fully saturated rings. The molecule has 0 aromatic carbocycles. The average molecular weight is 336 g/mol. The van der Waals surface area contributed by atoms with Crippen LogP contribution in [0.25, 0.3) is 5.88 Å². The second-order valence-electron chi connectivity index (χ2n) is 5.96. The van der Waals surface area contributed by atoms with E-state index in [4.69, 9.17) is 4.42 Å². The summed E-state index contributed by atoms with van der Waals surface area (Å²) < 4.78 is 9.42. The second kappa shape index (κ2) is 5.63. The molecule has 0 radical (unpaired) electrons. The lowest BCUT2D eigenvalue weighted by Gasteiger charge is -2.27. The van der Waals surface area contributed by atoms with Gasteiger partial charge in [0.1, 0.15) is 28.8 Å². The van der Waals surface area contributed by atoms with Crippen molar-refractivity contribution in [1.29, 1.82) is 5.26 Å².